The molecule has 11 heteroatoms. The summed E-state index contributed by atoms with van der Waals surface area (Å²) < 4.78 is 5.86. The molecule has 0 radical (unpaired) electrons. The van der Waals surface area contributed by atoms with E-state index < -0.39 is 24.0 Å². The van der Waals surface area contributed by atoms with Gasteiger partial charge in [0.1, 0.15) is 18.4 Å². The number of rotatable bonds is 4. The number of benzene rings is 1. The van der Waals surface area contributed by atoms with Gasteiger partial charge in [-0.15, -0.1) is 0 Å². The van der Waals surface area contributed by atoms with Crippen molar-refractivity contribution in [1.82, 2.24) is 16.0 Å². The van der Waals surface area contributed by atoms with Crippen LogP contribution < -0.4 is 37.5 Å². The van der Waals surface area contributed by atoms with Gasteiger partial charge in [-0.2, -0.15) is 0 Å². The molecule has 3 unspecified atom stereocenters. The zero-order chi connectivity index (χ0) is 22.1. The lowest BCUT2D eigenvalue weighted by Crippen LogP contribution is -2.55. The van der Waals surface area contributed by atoms with Gasteiger partial charge >= 0.3 is 6.03 Å². The molecule has 0 saturated heterocycles. The van der Waals surface area contributed by atoms with Crippen molar-refractivity contribution < 1.29 is 24.2 Å². The number of nitrogens with two attached hydrogens (primary N) is 2. The molecule has 0 fully saturated rings. The standard InChI is InChI=1S/C19H30N6O5/c1-11-10-30-16-5-4-13(24-19(21)29)7-12(16)8-22-9-14(20)17(27)25-15(3-2-6-26)18(28)23-11/h4-5,7,11,14-15,22,26H,2-3,6,8-10,20H2,1H3,(H,23,28)(H,25,27)(H3,21,24,29). The zero-order valence-electron chi connectivity index (χ0n) is 16.9. The van der Waals surface area contributed by atoms with E-state index in [0.717, 1.165) is 5.56 Å². The lowest BCUT2D eigenvalue weighted by atomic mass is 10.1. The van der Waals surface area contributed by atoms with Gasteiger partial charge in [0.05, 0.1) is 12.1 Å². The van der Waals surface area contributed by atoms with Crippen LogP contribution in [0.15, 0.2) is 18.2 Å². The van der Waals surface area contributed by atoms with Crippen molar-refractivity contribution in [3.8, 4) is 5.75 Å². The minimum absolute atomic E-state index is 0.0880. The molecular formula is C19H30N6O5. The van der Waals surface area contributed by atoms with Gasteiger partial charge < -0.3 is 42.6 Å². The number of anilines is 1. The maximum atomic E-state index is 12.6. The van der Waals surface area contributed by atoms with Crippen LogP contribution in [0.5, 0.6) is 5.75 Å². The fraction of sp³-hybridized carbons (Fsp3) is 0.526. The maximum Gasteiger partial charge on any atom is 0.316 e. The molecule has 0 spiro atoms. The van der Waals surface area contributed by atoms with Crippen molar-refractivity contribution in [2.45, 2.75) is 44.4 Å². The number of aliphatic hydroxyl groups excluding tert-OH is 1. The Kier molecular flexibility index (Phi) is 8.84. The second kappa shape index (κ2) is 11.3. The number of fused-ring (bicyclic) bond motifs is 1. The van der Waals surface area contributed by atoms with Crippen molar-refractivity contribution in [2.75, 3.05) is 25.1 Å². The molecule has 9 N–H and O–H groups in total. The monoisotopic (exact) mass is 422 g/mol. The van der Waals surface area contributed by atoms with Crippen molar-refractivity contribution in [3.63, 3.8) is 0 Å². The van der Waals surface area contributed by atoms with Gasteiger partial charge in [0.15, 0.2) is 0 Å². The molecule has 0 bridgehead atoms. The molecule has 4 amide bonds. The summed E-state index contributed by atoms with van der Waals surface area (Å²) in [7, 11) is 0. The third kappa shape index (κ3) is 7.17. The number of carbonyl (C=O) groups is 3. The smallest absolute Gasteiger partial charge is 0.316 e. The van der Waals surface area contributed by atoms with Gasteiger partial charge in [-0.3, -0.25) is 9.59 Å². The molecule has 1 aliphatic rings. The summed E-state index contributed by atoms with van der Waals surface area (Å²) in [4.78, 5) is 36.1. The number of ether oxygens (including phenoxy) is 1. The summed E-state index contributed by atoms with van der Waals surface area (Å²) in [6.07, 6.45) is 0.659. The third-order valence-corrected chi connectivity index (χ3v) is 4.51. The highest BCUT2D eigenvalue weighted by molar-refractivity contribution is 5.90. The van der Waals surface area contributed by atoms with Crippen molar-refractivity contribution >= 4 is 23.5 Å². The number of carbonyl (C=O) groups excluding carboxylic acids is 3. The Balaban J connectivity index is 2.21. The lowest BCUT2D eigenvalue weighted by molar-refractivity contribution is -0.130. The number of urea groups is 1. The highest BCUT2D eigenvalue weighted by Gasteiger charge is 2.25. The third-order valence-electron chi connectivity index (χ3n) is 4.51. The molecule has 11 nitrogen and oxygen atoms in total. The number of hydrogen-bond acceptors (Lipinski definition) is 7. The summed E-state index contributed by atoms with van der Waals surface area (Å²) in [5, 5.41) is 20.1. The fourth-order valence-corrected chi connectivity index (χ4v) is 2.98. The van der Waals surface area contributed by atoms with E-state index in [9.17, 15) is 14.4 Å². The van der Waals surface area contributed by atoms with Gasteiger partial charge in [-0.05, 0) is 38.0 Å². The Labute approximate surface area is 174 Å². The molecule has 1 aliphatic heterocycles. The van der Waals surface area contributed by atoms with E-state index in [1.807, 2.05) is 0 Å². The second-order valence-electron chi connectivity index (χ2n) is 7.20. The number of primary amides is 1. The highest BCUT2D eigenvalue weighted by atomic mass is 16.5. The Morgan fingerprint density at radius 3 is 2.77 bits per heavy atom. The van der Waals surface area contributed by atoms with Crippen molar-refractivity contribution in [1.29, 1.82) is 0 Å². The summed E-state index contributed by atoms with van der Waals surface area (Å²) in [6, 6.07) is 2.35. The molecule has 3 atom stereocenters. The predicted molar refractivity (Wildman–Crippen MR) is 111 cm³/mol. The molecule has 1 heterocycles. The van der Waals surface area contributed by atoms with Gasteiger partial charge in [-0.1, -0.05) is 0 Å². The molecular weight excluding hydrogens is 392 g/mol. The zero-order valence-corrected chi connectivity index (χ0v) is 16.9. The van der Waals surface area contributed by atoms with E-state index in [4.69, 9.17) is 21.3 Å². The van der Waals surface area contributed by atoms with Crippen LogP contribution in [-0.4, -0.2) is 60.8 Å². The first-order valence-corrected chi connectivity index (χ1v) is 9.80. The molecule has 2 rings (SSSR count). The maximum absolute atomic E-state index is 12.6. The quantitative estimate of drug-likeness (QED) is 0.316. The van der Waals surface area contributed by atoms with E-state index in [-0.39, 0.29) is 31.7 Å². The first-order chi connectivity index (χ1) is 14.3. The van der Waals surface area contributed by atoms with Crippen LogP contribution in [-0.2, 0) is 16.1 Å². The normalized spacial score (nSPS) is 23.2. The first-order valence-electron chi connectivity index (χ1n) is 9.80. The fourth-order valence-electron chi connectivity index (χ4n) is 2.98. The molecule has 1 aromatic rings. The van der Waals surface area contributed by atoms with E-state index >= 15 is 0 Å². The largest absolute Gasteiger partial charge is 0.491 e. The topological polar surface area (TPSA) is 181 Å². The minimum Gasteiger partial charge on any atom is -0.491 e. The lowest BCUT2D eigenvalue weighted by Gasteiger charge is -2.24. The van der Waals surface area contributed by atoms with Crippen LogP contribution in [0.2, 0.25) is 0 Å². The average molecular weight is 422 g/mol. The number of amides is 4. The Bertz CT molecular complexity index is 759. The first kappa shape index (κ1) is 23.4. The molecule has 0 saturated carbocycles. The number of nitrogens with one attached hydrogen (secondary N) is 4. The van der Waals surface area contributed by atoms with Crippen molar-refractivity contribution in [2.24, 2.45) is 11.5 Å². The number of hydrogen-bond donors (Lipinski definition) is 7. The van der Waals surface area contributed by atoms with Gasteiger partial charge in [0.25, 0.3) is 0 Å². The SMILES string of the molecule is CC1COc2ccc(NC(N)=O)cc2CNCC(N)C(=O)NC(CCCO)C(=O)N1. The predicted octanol–water partition coefficient (Wildman–Crippen LogP) is -1.25. The van der Waals surface area contributed by atoms with Crippen molar-refractivity contribution in [3.05, 3.63) is 23.8 Å². The van der Waals surface area contributed by atoms with E-state index in [2.05, 4.69) is 21.3 Å². The van der Waals surface area contributed by atoms with Crippen LogP contribution in [0.4, 0.5) is 10.5 Å². The van der Waals surface area contributed by atoms with Crippen LogP contribution in [0, 0.1) is 0 Å². The highest BCUT2D eigenvalue weighted by Crippen LogP contribution is 2.23. The Hall–Kier alpha value is -2.89. The summed E-state index contributed by atoms with van der Waals surface area (Å²) >= 11 is 0. The van der Waals surface area contributed by atoms with Crippen LogP contribution >= 0.6 is 0 Å². The molecule has 0 aromatic heterocycles. The summed E-state index contributed by atoms with van der Waals surface area (Å²) in [6.45, 7) is 2.38. The molecule has 166 valence electrons. The summed E-state index contributed by atoms with van der Waals surface area (Å²) in [5.41, 5.74) is 12.3. The van der Waals surface area contributed by atoms with Gasteiger partial charge in [0.2, 0.25) is 11.8 Å². The Morgan fingerprint density at radius 2 is 2.07 bits per heavy atom. The van der Waals surface area contributed by atoms with Crippen LogP contribution in [0.1, 0.15) is 25.3 Å². The average Bonchev–Trinajstić information content (AvgIpc) is 2.69. The second-order valence-corrected chi connectivity index (χ2v) is 7.20. The molecule has 30 heavy (non-hydrogen) atoms. The molecule has 0 aliphatic carbocycles. The summed E-state index contributed by atoms with van der Waals surface area (Å²) in [5.74, 6) is -0.275. The van der Waals surface area contributed by atoms with E-state index in [0.29, 0.717) is 30.8 Å². The van der Waals surface area contributed by atoms with E-state index in [1.165, 1.54) is 0 Å². The van der Waals surface area contributed by atoms with Gasteiger partial charge in [-0.25, -0.2) is 4.79 Å². The van der Waals surface area contributed by atoms with Crippen LogP contribution in [0.3, 0.4) is 0 Å². The van der Waals surface area contributed by atoms with Gasteiger partial charge in [0, 0.05) is 30.9 Å². The number of aliphatic hydroxyl groups is 1. The Morgan fingerprint density at radius 1 is 1.30 bits per heavy atom. The van der Waals surface area contributed by atoms with E-state index in [1.54, 1.807) is 25.1 Å². The van der Waals surface area contributed by atoms with Crippen LogP contribution in [0.25, 0.3) is 0 Å². The molecule has 1 aromatic carbocycles. The minimum atomic E-state index is -0.883.